The van der Waals surface area contributed by atoms with E-state index < -0.39 is 5.97 Å². The van der Waals surface area contributed by atoms with E-state index in [1.165, 1.54) is 0 Å². The van der Waals surface area contributed by atoms with Gasteiger partial charge in [-0.25, -0.2) is 4.98 Å². The van der Waals surface area contributed by atoms with Gasteiger partial charge in [0, 0.05) is 24.0 Å². The minimum absolute atomic E-state index is 0.267. The summed E-state index contributed by atoms with van der Waals surface area (Å²) in [6.45, 7) is 2.08. The van der Waals surface area contributed by atoms with Gasteiger partial charge in [-0.1, -0.05) is 0 Å². The molecule has 0 amide bonds. The van der Waals surface area contributed by atoms with E-state index in [2.05, 4.69) is 4.90 Å². The number of hydrogen-bond acceptors (Lipinski definition) is 6. The van der Waals surface area contributed by atoms with Gasteiger partial charge in [-0.2, -0.15) is 0 Å². The van der Waals surface area contributed by atoms with Gasteiger partial charge in [0.2, 0.25) is 0 Å². The molecule has 3 N–H and O–H groups in total. The maximum absolute atomic E-state index is 11.3. The summed E-state index contributed by atoms with van der Waals surface area (Å²) in [5.74, 6) is 0.449. The number of ether oxygens (including phenoxy) is 2. The van der Waals surface area contributed by atoms with Crippen molar-refractivity contribution in [2.24, 2.45) is 5.92 Å². The number of aromatic nitrogens is 2. The van der Waals surface area contributed by atoms with Crippen molar-refractivity contribution in [2.75, 3.05) is 33.0 Å². The van der Waals surface area contributed by atoms with Crippen LogP contribution in [-0.2, 0) is 11.3 Å². The van der Waals surface area contributed by atoms with E-state index in [1.807, 2.05) is 40.9 Å². The van der Waals surface area contributed by atoms with E-state index in [0.29, 0.717) is 30.8 Å². The number of pyridine rings is 1. The van der Waals surface area contributed by atoms with Crippen molar-refractivity contribution in [2.45, 2.75) is 19.4 Å². The number of nitrogens with zero attached hydrogens (tertiary/aromatic N) is 3. The highest BCUT2D eigenvalue weighted by Gasteiger charge is 2.27. The number of carbonyl (C=O) groups is 1. The Hall–Kier alpha value is -3.26. The molecule has 2 aromatic heterocycles. The maximum atomic E-state index is 11.3. The molecule has 3 aromatic rings. The Morgan fingerprint density at radius 1 is 1.20 bits per heavy atom. The van der Waals surface area contributed by atoms with Crippen LogP contribution in [0.2, 0.25) is 0 Å². The first-order chi connectivity index (χ1) is 14.5. The number of fused-ring (bicyclic) bond motifs is 1. The molecule has 3 heterocycles. The quantitative estimate of drug-likeness (QED) is 0.644. The van der Waals surface area contributed by atoms with E-state index in [1.54, 1.807) is 14.2 Å². The normalized spacial score (nSPS) is 15.4. The summed E-state index contributed by atoms with van der Waals surface area (Å²) in [6.07, 6.45) is 3.16. The molecule has 0 radical (unpaired) electrons. The van der Waals surface area contributed by atoms with Crippen molar-refractivity contribution >= 4 is 17.3 Å². The smallest absolute Gasteiger partial charge is 0.306 e. The molecule has 8 heteroatoms. The average Bonchev–Trinajstić information content (AvgIpc) is 3.11. The summed E-state index contributed by atoms with van der Waals surface area (Å²) in [7, 11) is 3.26. The fourth-order valence-corrected chi connectivity index (χ4v) is 4.03. The van der Waals surface area contributed by atoms with Crippen molar-refractivity contribution < 1.29 is 19.4 Å². The SMILES string of the molecule is COc1ccc(OC)c(-c2nc3ccc(N)cn3c2CN2CCC(C(=O)O)CC2)c1. The predicted molar refractivity (Wildman–Crippen MR) is 114 cm³/mol. The Morgan fingerprint density at radius 3 is 2.63 bits per heavy atom. The highest BCUT2D eigenvalue weighted by atomic mass is 16.5. The molecule has 1 aromatic carbocycles. The molecule has 1 aliphatic heterocycles. The van der Waals surface area contributed by atoms with Gasteiger partial charge in [0.15, 0.2) is 0 Å². The number of likely N-dealkylation sites (tertiary alicyclic amines) is 1. The van der Waals surface area contributed by atoms with Gasteiger partial charge in [0.05, 0.1) is 31.5 Å². The predicted octanol–water partition coefficient (Wildman–Crippen LogP) is 2.90. The van der Waals surface area contributed by atoms with Gasteiger partial charge in [0.1, 0.15) is 17.1 Å². The van der Waals surface area contributed by atoms with Crippen LogP contribution in [0.25, 0.3) is 16.9 Å². The lowest BCUT2D eigenvalue weighted by atomic mass is 9.97. The summed E-state index contributed by atoms with van der Waals surface area (Å²) >= 11 is 0. The standard InChI is InChI=1S/C22H26N4O4/c1-29-16-4-5-19(30-2)17(11-16)21-18(26-12-15(23)3-6-20(26)24-21)13-25-9-7-14(8-10-25)22(27)28/h3-6,11-12,14H,7-10,13,23H2,1-2H3,(H,27,28). The first kappa shape index (κ1) is 20.0. The van der Waals surface area contributed by atoms with Gasteiger partial charge >= 0.3 is 5.97 Å². The molecule has 0 atom stereocenters. The summed E-state index contributed by atoms with van der Waals surface area (Å²) in [6, 6.07) is 9.37. The molecule has 0 saturated carbocycles. The summed E-state index contributed by atoms with van der Waals surface area (Å²) < 4.78 is 13.0. The number of carboxylic acids is 1. The third-order valence-electron chi connectivity index (χ3n) is 5.71. The summed E-state index contributed by atoms with van der Waals surface area (Å²) in [5, 5.41) is 9.28. The molecule has 1 fully saturated rings. The average molecular weight is 410 g/mol. The summed E-state index contributed by atoms with van der Waals surface area (Å²) in [5.41, 5.74) is 10.1. The Kier molecular flexibility index (Phi) is 5.50. The van der Waals surface area contributed by atoms with Crippen molar-refractivity contribution in [1.82, 2.24) is 14.3 Å². The largest absolute Gasteiger partial charge is 0.497 e. The van der Waals surface area contributed by atoms with Gasteiger partial charge in [0.25, 0.3) is 0 Å². The number of hydrogen-bond donors (Lipinski definition) is 2. The zero-order valence-electron chi connectivity index (χ0n) is 17.2. The minimum atomic E-state index is -0.709. The number of piperidine rings is 1. The number of benzene rings is 1. The molecule has 158 valence electrons. The fraction of sp³-hybridized carbons (Fsp3) is 0.364. The van der Waals surface area contributed by atoms with Crippen LogP contribution in [0.15, 0.2) is 36.5 Å². The number of rotatable bonds is 6. The number of nitrogen functional groups attached to an aromatic ring is 1. The van der Waals surface area contributed by atoms with Crippen molar-refractivity contribution in [3.63, 3.8) is 0 Å². The molecule has 0 spiro atoms. The Balaban J connectivity index is 1.77. The number of aliphatic carboxylic acids is 1. The first-order valence-electron chi connectivity index (χ1n) is 9.94. The van der Waals surface area contributed by atoms with Crippen LogP contribution in [0.5, 0.6) is 11.5 Å². The summed E-state index contributed by atoms with van der Waals surface area (Å²) in [4.78, 5) is 18.4. The van der Waals surface area contributed by atoms with E-state index in [0.717, 1.165) is 41.4 Å². The second kappa shape index (κ2) is 8.23. The maximum Gasteiger partial charge on any atom is 0.306 e. The minimum Gasteiger partial charge on any atom is -0.497 e. The molecule has 0 aliphatic carbocycles. The van der Waals surface area contributed by atoms with Crippen LogP contribution in [-0.4, -0.2) is 52.7 Å². The molecular weight excluding hydrogens is 384 g/mol. The van der Waals surface area contributed by atoms with Crippen molar-refractivity contribution in [3.8, 4) is 22.8 Å². The van der Waals surface area contributed by atoms with Crippen LogP contribution >= 0.6 is 0 Å². The van der Waals surface area contributed by atoms with Crippen LogP contribution < -0.4 is 15.2 Å². The molecular formula is C22H26N4O4. The van der Waals surface area contributed by atoms with Crippen LogP contribution in [0.3, 0.4) is 0 Å². The van der Waals surface area contributed by atoms with Crippen LogP contribution in [0.4, 0.5) is 5.69 Å². The second-order valence-corrected chi connectivity index (χ2v) is 7.55. The zero-order chi connectivity index (χ0) is 21.3. The molecule has 1 saturated heterocycles. The monoisotopic (exact) mass is 410 g/mol. The Morgan fingerprint density at radius 2 is 1.97 bits per heavy atom. The third kappa shape index (κ3) is 3.78. The highest BCUT2D eigenvalue weighted by Crippen LogP contribution is 2.36. The highest BCUT2D eigenvalue weighted by molar-refractivity contribution is 5.74. The topological polar surface area (TPSA) is 102 Å². The van der Waals surface area contributed by atoms with Gasteiger partial charge < -0.3 is 24.7 Å². The Bertz CT molecular complexity index is 1070. The second-order valence-electron chi connectivity index (χ2n) is 7.55. The van der Waals surface area contributed by atoms with Crippen LogP contribution in [0, 0.1) is 5.92 Å². The van der Waals surface area contributed by atoms with E-state index in [4.69, 9.17) is 20.2 Å². The fourth-order valence-electron chi connectivity index (χ4n) is 4.03. The van der Waals surface area contributed by atoms with Crippen molar-refractivity contribution in [3.05, 3.63) is 42.2 Å². The molecule has 4 rings (SSSR count). The molecule has 30 heavy (non-hydrogen) atoms. The molecule has 8 nitrogen and oxygen atoms in total. The number of nitrogens with two attached hydrogens (primary N) is 1. The van der Waals surface area contributed by atoms with E-state index >= 15 is 0 Å². The Labute approximate surface area is 174 Å². The number of imidazole rings is 1. The number of carboxylic acid groups (broad SMARTS) is 1. The van der Waals surface area contributed by atoms with Crippen molar-refractivity contribution in [1.29, 1.82) is 0 Å². The lowest BCUT2D eigenvalue weighted by Crippen LogP contribution is -2.36. The zero-order valence-corrected chi connectivity index (χ0v) is 17.2. The number of methoxy groups -OCH3 is 2. The van der Waals surface area contributed by atoms with Gasteiger partial charge in [-0.3, -0.25) is 9.69 Å². The van der Waals surface area contributed by atoms with E-state index in [9.17, 15) is 9.90 Å². The molecule has 0 unspecified atom stereocenters. The molecule has 0 bridgehead atoms. The lowest BCUT2D eigenvalue weighted by Gasteiger charge is -2.30. The third-order valence-corrected chi connectivity index (χ3v) is 5.71. The van der Waals surface area contributed by atoms with E-state index in [-0.39, 0.29) is 5.92 Å². The number of anilines is 1. The first-order valence-corrected chi connectivity index (χ1v) is 9.94. The van der Waals surface area contributed by atoms with Gasteiger partial charge in [-0.05, 0) is 56.3 Å². The molecule has 1 aliphatic rings. The lowest BCUT2D eigenvalue weighted by molar-refractivity contribution is -0.143. The van der Waals surface area contributed by atoms with Gasteiger partial charge in [-0.15, -0.1) is 0 Å². The van der Waals surface area contributed by atoms with Crippen LogP contribution in [0.1, 0.15) is 18.5 Å².